The Morgan fingerprint density at radius 2 is 1.62 bits per heavy atom. The fourth-order valence-corrected chi connectivity index (χ4v) is 4.54. The molecule has 7 nitrogen and oxygen atoms in total. The minimum Gasteiger partial charge on any atom is -0.494 e. The molecule has 2 N–H and O–H groups in total. The summed E-state index contributed by atoms with van der Waals surface area (Å²) in [4.78, 5) is 39.1. The molecule has 4 rings (SSSR count). The Kier molecular flexibility index (Phi) is 10.4. The van der Waals surface area contributed by atoms with Gasteiger partial charge < -0.3 is 20.1 Å². The summed E-state index contributed by atoms with van der Waals surface area (Å²) >= 11 is 0. The number of ether oxygens (including phenoxy) is 1. The first-order chi connectivity index (χ1) is 20.4. The molecule has 216 valence electrons. The van der Waals surface area contributed by atoms with Gasteiger partial charge in [0.25, 0.3) is 0 Å². The number of benzene rings is 4. The number of carbonyl (C=O) groups is 3. The number of carboxylic acids is 1. The summed E-state index contributed by atoms with van der Waals surface area (Å²) in [6, 6.07) is 27.8. The monoisotopic (exact) mass is 568 g/mol. The lowest BCUT2D eigenvalue weighted by Gasteiger charge is -2.22. The van der Waals surface area contributed by atoms with Crippen LogP contribution in [-0.2, 0) is 16.0 Å². The van der Waals surface area contributed by atoms with Crippen molar-refractivity contribution in [1.82, 2.24) is 0 Å². The van der Waals surface area contributed by atoms with Gasteiger partial charge in [-0.15, -0.1) is 0 Å². The second-order valence-electron chi connectivity index (χ2n) is 9.70. The van der Waals surface area contributed by atoms with Gasteiger partial charge in [0.2, 0.25) is 5.91 Å². The Morgan fingerprint density at radius 1 is 0.905 bits per heavy atom. The van der Waals surface area contributed by atoms with Crippen LogP contribution in [-0.4, -0.2) is 42.0 Å². The van der Waals surface area contributed by atoms with Gasteiger partial charge in [-0.1, -0.05) is 67.6 Å². The molecule has 0 unspecified atom stereocenters. The molecule has 0 aliphatic carbocycles. The highest BCUT2D eigenvalue weighted by atomic mass is 19.1. The number of halogens is 1. The molecule has 0 aromatic heterocycles. The average molecular weight is 569 g/mol. The third-order valence-corrected chi connectivity index (χ3v) is 6.72. The van der Waals surface area contributed by atoms with E-state index in [2.05, 4.69) is 5.32 Å². The van der Waals surface area contributed by atoms with Gasteiger partial charge >= 0.3 is 5.97 Å². The molecule has 42 heavy (non-hydrogen) atoms. The minimum atomic E-state index is -1.04. The summed E-state index contributed by atoms with van der Waals surface area (Å²) in [6.07, 6.45) is 1.03. The maximum Gasteiger partial charge on any atom is 0.326 e. The highest BCUT2D eigenvalue weighted by molar-refractivity contribution is 6.12. The smallest absolute Gasteiger partial charge is 0.326 e. The maximum atomic E-state index is 13.7. The number of aliphatic carboxylic acids is 1. The van der Waals surface area contributed by atoms with Crippen molar-refractivity contribution in [3.8, 4) is 5.75 Å². The molecule has 0 fully saturated rings. The molecular formula is C34H33FN2O5. The van der Waals surface area contributed by atoms with E-state index in [0.29, 0.717) is 54.2 Å². The van der Waals surface area contributed by atoms with E-state index in [1.54, 1.807) is 96.8 Å². The molecular weight excluding hydrogens is 535 g/mol. The standard InChI is InChI=1S/C34H33FN2O5/c1-2-32(38)37(27-13-8-12-26(35)23-27)20-9-21-42-28-18-16-24(17-19-28)22-31(34(40)41)36-30-15-7-6-14-29(30)33(39)25-10-4-3-5-11-25/h3-8,10-19,23,31,36H,2,9,20-22H2,1H3,(H,40,41)/t31-/m0/s1. The lowest BCUT2D eigenvalue weighted by atomic mass is 10.00. The van der Waals surface area contributed by atoms with E-state index in [4.69, 9.17) is 4.74 Å². The lowest BCUT2D eigenvalue weighted by molar-refractivity contribution is -0.137. The Bertz CT molecular complexity index is 1510. The predicted octanol–water partition coefficient (Wildman–Crippen LogP) is 6.38. The van der Waals surface area contributed by atoms with E-state index in [-0.39, 0.29) is 18.1 Å². The van der Waals surface area contributed by atoms with Crippen molar-refractivity contribution < 1.29 is 28.6 Å². The SMILES string of the molecule is CCC(=O)N(CCCOc1ccc(C[C@H](Nc2ccccc2C(=O)c2ccccc2)C(=O)O)cc1)c1cccc(F)c1. The first-order valence-electron chi connectivity index (χ1n) is 13.8. The van der Waals surface area contributed by atoms with Gasteiger partial charge in [0.05, 0.1) is 6.61 Å². The van der Waals surface area contributed by atoms with Gasteiger partial charge in [-0.3, -0.25) is 9.59 Å². The van der Waals surface area contributed by atoms with Crippen molar-refractivity contribution in [3.05, 3.63) is 126 Å². The Morgan fingerprint density at radius 3 is 2.31 bits per heavy atom. The second-order valence-corrected chi connectivity index (χ2v) is 9.70. The zero-order chi connectivity index (χ0) is 29.9. The van der Waals surface area contributed by atoms with Crippen LogP contribution in [0.5, 0.6) is 5.75 Å². The molecule has 1 amide bonds. The lowest BCUT2D eigenvalue weighted by Crippen LogP contribution is -2.32. The van der Waals surface area contributed by atoms with Gasteiger partial charge in [0.15, 0.2) is 5.78 Å². The summed E-state index contributed by atoms with van der Waals surface area (Å²) in [6.45, 7) is 2.49. The number of carbonyl (C=O) groups excluding carboxylic acids is 2. The number of anilines is 2. The first kappa shape index (κ1) is 30.0. The van der Waals surface area contributed by atoms with Crippen LogP contribution in [0.4, 0.5) is 15.8 Å². The van der Waals surface area contributed by atoms with Gasteiger partial charge in [0, 0.05) is 41.9 Å². The third-order valence-electron chi connectivity index (χ3n) is 6.72. The van der Waals surface area contributed by atoms with Crippen molar-refractivity contribution in [1.29, 1.82) is 0 Å². The normalized spacial score (nSPS) is 11.4. The summed E-state index contributed by atoms with van der Waals surface area (Å²) in [5.74, 6) is -1.12. The summed E-state index contributed by atoms with van der Waals surface area (Å²) in [5, 5.41) is 13.0. The van der Waals surface area contributed by atoms with E-state index in [1.165, 1.54) is 12.1 Å². The quantitative estimate of drug-likeness (QED) is 0.135. The zero-order valence-corrected chi connectivity index (χ0v) is 23.3. The summed E-state index contributed by atoms with van der Waals surface area (Å²) in [7, 11) is 0. The third kappa shape index (κ3) is 8.04. The highest BCUT2D eigenvalue weighted by Gasteiger charge is 2.21. The number of carboxylic acid groups (broad SMARTS) is 1. The van der Waals surface area contributed by atoms with Crippen LogP contribution >= 0.6 is 0 Å². The molecule has 8 heteroatoms. The molecule has 4 aromatic rings. The number of ketones is 1. The van der Waals surface area contributed by atoms with Crippen LogP contribution in [0.1, 0.15) is 41.3 Å². The number of hydrogen-bond acceptors (Lipinski definition) is 5. The van der Waals surface area contributed by atoms with Crippen LogP contribution in [0.15, 0.2) is 103 Å². The topological polar surface area (TPSA) is 95.9 Å². The fourth-order valence-electron chi connectivity index (χ4n) is 4.54. The van der Waals surface area contributed by atoms with Crippen molar-refractivity contribution >= 4 is 29.0 Å². The number of hydrogen-bond donors (Lipinski definition) is 2. The summed E-state index contributed by atoms with van der Waals surface area (Å²) in [5.41, 5.74) is 2.66. The second kappa shape index (κ2) is 14.6. The fraction of sp³-hybridized carbons (Fsp3) is 0.206. The molecule has 0 radical (unpaired) electrons. The van der Waals surface area contributed by atoms with Crippen molar-refractivity contribution in [2.24, 2.45) is 0 Å². The van der Waals surface area contributed by atoms with Gasteiger partial charge in [-0.05, 0) is 54.4 Å². The van der Waals surface area contributed by atoms with Crippen molar-refractivity contribution in [3.63, 3.8) is 0 Å². The number of nitrogens with one attached hydrogen (secondary N) is 1. The largest absolute Gasteiger partial charge is 0.494 e. The van der Waals surface area contributed by atoms with Crippen LogP contribution in [0.3, 0.4) is 0 Å². The number of amides is 1. The van der Waals surface area contributed by atoms with Crippen molar-refractivity contribution in [2.75, 3.05) is 23.4 Å². The van der Waals surface area contributed by atoms with E-state index in [1.807, 2.05) is 6.07 Å². The average Bonchev–Trinajstić information content (AvgIpc) is 3.01. The number of rotatable bonds is 14. The van der Waals surface area contributed by atoms with E-state index >= 15 is 0 Å². The van der Waals surface area contributed by atoms with Crippen LogP contribution in [0, 0.1) is 5.82 Å². The molecule has 0 aliphatic rings. The molecule has 0 aliphatic heterocycles. The van der Waals surface area contributed by atoms with Gasteiger partial charge in [0.1, 0.15) is 17.6 Å². The zero-order valence-electron chi connectivity index (χ0n) is 23.3. The Balaban J connectivity index is 1.34. The highest BCUT2D eigenvalue weighted by Crippen LogP contribution is 2.22. The Labute approximate surface area is 244 Å². The Hall–Kier alpha value is -4.98. The van der Waals surface area contributed by atoms with Crippen molar-refractivity contribution in [2.45, 2.75) is 32.2 Å². The molecule has 0 saturated heterocycles. The minimum absolute atomic E-state index is 0.0985. The van der Waals surface area contributed by atoms with E-state index < -0.39 is 17.8 Å². The maximum absolute atomic E-state index is 13.7. The molecule has 4 aromatic carbocycles. The summed E-state index contributed by atoms with van der Waals surface area (Å²) < 4.78 is 19.5. The number of nitrogens with zero attached hydrogens (tertiary/aromatic N) is 1. The van der Waals surface area contributed by atoms with E-state index in [9.17, 15) is 23.9 Å². The van der Waals surface area contributed by atoms with Crippen LogP contribution in [0.2, 0.25) is 0 Å². The van der Waals surface area contributed by atoms with Gasteiger partial charge in [-0.2, -0.15) is 0 Å². The molecule has 0 saturated carbocycles. The molecule has 0 bridgehead atoms. The molecule has 0 heterocycles. The molecule has 1 atom stereocenters. The van der Waals surface area contributed by atoms with Gasteiger partial charge in [-0.25, -0.2) is 9.18 Å². The van der Waals surface area contributed by atoms with Crippen LogP contribution < -0.4 is 15.0 Å². The van der Waals surface area contributed by atoms with Crippen LogP contribution in [0.25, 0.3) is 0 Å². The molecule has 0 spiro atoms. The predicted molar refractivity (Wildman–Crippen MR) is 161 cm³/mol. The number of para-hydroxylation sites is 1. The van der Waals surface area contributed by atoms with E-state index in [0.717, 1.165) is 5.56 Å². The first-order valence-corrected chi connectivity index (χ1v) is 13.8.